The number of rotatable bonds is 5. The van der Waals surface area contributed by atoms with Gasteiger partial charge in [0.25, 0.3) is 5.91 Å². The van der Waals surface area contributed by atoms with Gasteiger partial charge in [-0.3, -0.25) is 4.79 Å². The van der Waals surface area contributed by atoms with E-state index in [0.29, 0.717) is 12.2 Å². The average molecular weight is 326 g/mol. The lowest BCUT2D eigenvalue weighted by molar-refractivity contribution is 0.0948. The number of carbonyl (C=O) groups excluding carboxylic acids is 1. The molecule has 1 aromatic heterocycles. The Bertz CT molecular complexity index is 598. The fourth-order valence-corrected chi connectivity index (χ4v) is 2.71. The molecular weight excluding hydrogens is 306 g/mol. The molecule has 0 fully saturated rings. The molecule has 1 heterocycles. The van der Waals surface area contributed by atoms with E-state index in [-0.39, 0.29) is 24.4 Å². The maximum absolute atomic E-state index is 11.9. The minimum absolute atomic E-state index is 0. The van der Waals surface area contributed by atoms with Crippen molar-refractivity contribution in [1.29, 1.82) is 0 Å². The van der Waals surface area contributed by atoms with Crippen LogP contribution in [0.2, 0.25) is 0 Å². The maximum atomic E-state index is 11.9. The molecule has 1 aromatic carbocycles. The summed E-state index contributed by atoms with van der Waals surface area (Å²) in [5.41, 5.74) is 8.35. The molecule has 0 spiro atoms. The van der Waals surface area contributed by atoms with Crippen molar-refractivity contribution in [2.24, 2.45) is 5.73 Å². The number of hydrogen-bond donors (Lipinski definition) is 2. The minimum Gasteiger partial charge on any atom is -0.351 e. The van der Waals surface area contributed by atoms with Gasteiger partial charge in [-0.2, -0.15) is 0 Å². The first kappa shape index (κ1) is 17.6. The monoisotopic (exact) mass is 325 g/mol. The van der Waals surface area contributed by atoms with Gasteiger partial charge in [0.1, 0.15) is 10.7 Å². The molecule has 0 saturated heterocycles. The largest absolute Gasteiger partial charge is 0.351 e. The molecule has 114 valence electrons. The van der Waals surface area contributed by atoms with Gasteiger partial charge in [-0.05, 0) is 25.8 Å². The summed E-state index contributed by atoms with van der Waals surface area (Å²) in [5.74, 6) is -0.137. The number of hydrogen-bond acceptors (Lipinski definition) is 4. The Morgan fingerprint density at radius 3 is 2.81 bits per heavy atom. The quantitative estimate of drug-likeness (QED) is 0.888. The highest BCUT2D eigenvalue weighted by atomic mass is 35.5. The van der Waals surface area contributed by atoms with Crippen molar-refractivity contribution in [1.82, 2.24) is 10.3 Å². The van der Waals surface area contributed by atoms with Gasteiger partial charge in [-0.25, -0.2) is 4.98 Å². The lowest BCUT2D eigenvalue weighted by Crippen LogP contribution is -2.29. The van der Waals surface area contributed by atoms with Crippen LogP contribution >= 0.6 is 23.7 Å². The number of carbonyl (C=O) groups is 1. The normalized spacial score (nSPS) is 11.6. The van der Waals surface area contributed by atoms with Gasteiger partial charge in [0, 0.05) is 23.5 Å². The number of amides is 1. The van der Waals surface area contributed by atoms with Crippen molar-refractivity contribution in [3.8, 4) is 10.6 Å². The fraction of sp³-hybridized carbons (Fsp3) is 0.333. The van der Waals surface area contributed by atoms with Gasteiger partial charge in [0.2, 0.25) is 0 Å². The second kappa shape index (κ2) is 8.12. The molecule has 3 N–H and O–H groups in total. The van der Waals surface area contributed by atoms with Gasteiger partial charge < -0.3 is 11.1 Å². The summed E-state index contributed by atoms with van der Waals surface area (Å²) in [6.07, 6.45) is 0.764. The first-order chi connectivity index (χ1) is 9.58. The third-order valence-electron chi connectivity index (χ3n) is 3.00. The second-order valence-corrected chi connectivity index (χ2v) is 5.73. The Labute approximate surface area is 135 Å². The number of aryl methyl sites for hydroxylation is 1. The van der Waals surface area contributed by atoms with Crippen molar-refractivity contribution in [2.75, 3.05) is 6.54 Å². The molecule has 6 heteroatoms. The molecule has 4 nitrogen and oxygen atoms in total. The number of benzene rings is 1. The van der Waals surface area contributed by atoms with Crippen molar-refractivity contribution in [2.45, 2.75) is 26.3 Å². The third-order valence-corrected chi connectivity index (χ3v) is 3.87. The lowest BCUT2D eigenvalue weighted by Gasteiger charge is -2.05. The molecule has 0 bridgehead atoms. The standard InChI is InChI=1S/C15H19N3OS.ClH/c1-10-5-3-4-6-12(10)15-18-13(9-20-15)14(19)17-8-7-11(2)16;/h3-6,9,11H,7-8,16H2,1-2H3,(H,17,19);1H. The van der Waals surface area contributed by atoms with Gasteiger partial charge in [0.05, 0.1) is 0 Å². The summed E-state index contributed by atoms with van der Waals surface area (Å²) >= 11 is 1.49. The molecule has 2 rings (SSSR count). The van der Waals surface area contributed by atoms with E-state index in [1.54, 1.807) is 5.38 Å². The van der Waals surface area contributed by atoms with E-state index in [4.69, 9.17) is 5.73 Å². The van der Waals surface area contributed by atoms with Gasteiger partial charge >= 0.3 is 0 Å². The predicted octanol–water partition coefficient (Wildman–Crippen LogP) is 3.01. The van der Waals surface area contributed by atoms with Crippen molar-refractivity contribution in [3.63, 3.8) is 0 Å². The molecule has 1 atom stereocenters. The van der Waals surface area contributed by atoms with E-state index in [0.717, 1.165) is 22.6 Å². The highest BCUT2D eigenvalue weighted by molar-refractivity contribution is 7.13. The number of nitrogens with two attached hydrogens (primary N) is 1. The smallest absolute Gasteiger partial charge is 0.270 e. The average Bonchev–Trinajstić information content (AvgIpc) is 2.88. The molecule has 0 saturated carbocycles. The zero-order valence-electron chi connectivity index (χ0n) is 12.1. The maximum Gasteiger partial charge on any atom is 0.270 e. The van der Waals surface area contributed by atoms with Crippen LogP contribution in [0.25, 0.3) is 10.6 Å². The lowest BCUT2D eigenvalue weighted by atomic mass is 10.1. The zero-order valence-corrected chi connectivity index (χ0v) is 13.8. The molecule has 2 aromatic rings. The van der Waals surface area contributed by atoms with E-state index < -0.39 is 0 Å². The summed E-state index contributed by atoms with van der Waals surface area (Å²) in [4.78, 5) is 16.4. The van der Waals surface area contributed by atoms with Crippen LogP contribution in [0.5, 0.6) is 0 Å². The SMILES string of the molecule is Cc1ccccc1-c1nc(C(=O)NCCC(C)N)cs1.Cl. The summed E-state index contributed by atoms with van der Waals surface area (Å²) in [6, 6.07) is 8.12. The van der Waals surface area contributed by atoms with E-state index in [1.165, 1.54) is 11.3 Å². The zero-order chi connectivity index (χ0) is 14.5. The van der Waals surface area contributed by atoms with Crippen molar-refractivity contribution in [3.05, 3.63) is 40.9 Å². The molecule has 0 aliphatic rings. The van der Waals surface area contributed by atoms with Crippen LogP contribution < -0.4 is 11.1 Å². The van der Waals surface area contributed by atoms with Gasteiger partial charge in [0.15, 0.2) is 0 Å². The predicted molar refractivity (Wildman–Crippen MR) is 90.1 cm³/mol. The highest BCUT2D eigenvalue weighted by Gasteiger charge is 2.12. The summed E-state index contributed by atoms with van der Waals surface area (Å²) in [6.45, 7) is 4.54. The first-order valence-electron chi connectivity index (χ1n) is 6.63. The van der Waals surface area contributed by atoms with Crippen LogP contribution in [0.4, 0.5) is 0 Å². The molecule has 1 unspecified atom stereocenters. The molecule has 21 heavy (non-hydrogen) atoms. The fourth-order valence-electron chi connectivity index (χ4n) is 1.82. The summed E-state index contributed by atoms with van der Waals surface area (Å²) in [7, 11) is 0. The van der Waals surface area contributed by atoms with Crippen LogP contribution in [0.3, 0.4) is 0 Å². The molecular formula is C15H20ClN3OS. The number of nitrogens with zero attached hydrogens (tertiary/aromatic N) is 1. The Balaban J connectivity index is 0.00000220. The van der Waals surface area contributed by atoms with E-state index in [9.17, 15) is 4.79 Å². The number of nitrogens with one attached hydrogen (secondary N) is 1. The Hall–Kier alpha value is -1.43. The van der Waals surface area contributed by atoms with E-state index >= 15 is 0 Å². The highest BCUT2D eigenvalue weighted by Crippen LogP contribution is 2.26. The Morgan fingerprint density at radius 1 is 1.43 bits per heavy atom. The van der Waals surface area contributed by atoms with Crippen LogP contribution in [0.1, 0.15) is 29.4 Å². The Kier molecular flexibility index (Phi) is 6.81. The molecule has 0 aliphatic heterocycles. The van der Waals surface area contributed by atoms with Crippen LogP contribution in [0, 0.1) is 6.92 Å². The summed E-state index contributed by atoms with van der Waals surface area (Å²) < 4.78 is 0. The number of halogens is 1. The van der Waals surface area contributed by atoms with E-state index in [2.05, 4.69) is 10.3 Å². The van der Waals surface area contributed by atoms with Crippen LogP contribution in [-0.4, -0.2) is 23.5 Å². The van der Waals surface area contributed by atoms with Gasteiger partial charge in [-0.15, -0.1) is 23.7 Å². The summed E-state index contributed by atoms with van der Waals surface area (Å²) in [5, 5.41) is 5.50. The van der Waals surface area contributed by atoms with Crippen molar-refractivity contribution >= 4 is 29.7 Å². The molecule has 0 aliphatic carbocycles. The number of thiazole rings is 1. The van der Waals surface area contributed by atoms with Crippen molar-refractivity contribution < 1.29 is 4.79 Å². The molecule has 1 amide bonds. The Morgan fingerprint density at radius 2 is 2.14 bits per heavy atom. The topological polar surface area (TPSA) is 68.0 Å². The molecule has 0 radical (unpaired) electrons. The van der Waals surface area contributed by atoms with E-state index in [1.807, 2.05) is 38.1 Å². The minimum atomic E-state index is -0.137. The van der Waals surface area contributed by atoms with Crippen LogP contribution in [0.15, 0.2) is 29.6 Å². The van der Waals surface area contributed by atoms with Crippen LogP contribution in [-0.2, 0) is 0 Å². The van der Waals surface area contributed by atoms with Gasteiger partial charge in [-0.1, -0.05) is 24.3 Å². The second-order valence-electron chi connectivity index (χ2n) is 4.87. The number of aromatic nitrogens is 1. The third kappa shape index (κ3) is 4.81. The first-order valence-corrected chi connectivity index (χ1v) is 7.51.